The van der Waals surface area contributed by atoms with Gasteiger partial charge in [0.2, 0.25) is 0 Å². The maximum atomic E-state index is 11.9. The zero-order valence-electron chi connectivity index (χ0n) is 15.1. The van der Waals surface area contributed by atoms with Crippen LogP contribution in [0.15, 0.2) is 18.2 Å². The molecule has 2 N–H and O–H groups in total. The fourth-order valence-electron chi connectivity index (χ4n) is 2.60. The summed E-state index contributed by atoms with van der Waals surface area (Å²) in [4.78, 5) is 11.9. The van der Waals surface area contributed by atoms with Gasteiger partial charge in [-0.15, -0.1) is 12.4 Å². The largest absolute Gasteiger partial charge is 0.483 e. The maximum Gasteiger partial charge on any atom is 0.258 e. The molecule has 0 bridgehead atoms. The number of carbonyl (C=O) groups excluding carboxylic acids is 1. The zero-order chi connectivity index (χ0) is 17.6. The lowest BCUT2D eigenvalue weighted by atomic mass is 10.1. The van der Waals surface area contributed by atoms with E-state index in [1.165, 1.54) is 0 Å². The van der Waals surface area contributed by atoms with Crippen LogP contribution in [0.4, 0.5) is 0 Å². The molecule has 1 aliphatic heterocycles. The second-order valence-corrected chi connectivity index (χ2v) is 7.54. The molecule has 7 heteroatoms. The summed E-state index contributed by atoms with van der Waals surface area (Å²) in [6.07, 6.45) is 2.51. The first-order valence-corrected chi connectivity index (χ1v) is 8.76. The molecule has 1 unspecified atom stereocenters. The van der Waals surface area contributed by atoms with Crippen molar-refractivity contribution >= 4 is 29.9 Å². The highest BCUT2D eigenvalue weighted by molar-refractivity contribution is 6.30. The predicted molar refractivity (Wildman–Crippen MR) is 103 cm³/mol. The summed E-state index contributed by atoms with van der Waals surface area (Å²) in [5.41, 5.74) is 0.663. The third-order valence-corrected chi connectivity index (χ3v) is 3.84. The van der Waals surface area contributed by atoms with Crippen molar-refractivity contribution in [1.29, 1.82) is 0 Å². The van der Waals surface area contributed by atoms with E-state index in [0.717, 1.165) is 31.6 Å². The quantitative estimate of drug-likeness (QED) is 0.749. The van der Waals surface area contributed by atoms with Crippen LogP contribution < -0.4 is 15.4 Å². The van der Waals surface area contributed by atoms with Crippen molar-refractivity contribution in [1.82, 2.24) is 10.6 Å². The summed E-state index contributed by atoms with van der Waals surface area (Å²) in [5.74, 6) is 0.527. The summed E-state index contributed by atoms with van der Waals surface area (Å²) in [6, 6.07) is 5.43. The lowest BCUT2D eigenvalue weighted by Gasteiger charge is -2.21. The molecule has 0 spiro atoms. The van der Waals surface area contributed by atoms with Gasteiger partial charge in [0.05, 0.1) is 6.10 Å². The third kappa shape index (κ3) is 8.27. The Balaban J connectivity index is 0.00000312. The molecular weight excluding hydrogens is 363 g/mol. The smallest absolute Gasteiger partial charge is 0.258 e. The molecule has 1 atom stereocenters. The first-order chi connectivity index (χ1) is 11.3. The highest BCUT2D eigenvalue weighted by Crippen LogP contribution is 2.23. The van der Waals surface area contributed by atoms with Crippen LogP contribution >= 0.6 is 24.0 Å². The van der Waals surface area contributed by atoms with Crippen LogP contribution in [0.2, 0.25) is 5.02 Å². The van der Waals surface area contributed by atoms with E-state index in [1.54, 1.807) is 12.1 Å². The summed E-state index contributed by atoms with van der Waals surface area (Å²) in [6.45, 7) is 8.07. The molecule has 1 amide bonds. The molecule has 1 aliphatic rings. The highest BCUT2D eigenvalue weighted by Gasteiger charge is 2.16. The second-order valence-electron chi connectivity index (χ2n) is 7.10. The average Bonchev–Trinajstić information content (AvgIpc) is 2.98. The number of rotatable bonds is 7. The number of hydrogen-bond acceptors (Lipinski definition) is 4. The van der Waals surface area contributed by atoms with E-state index >= 15 is 0 Å². The van der Waals surface area contributed by atoms with Gasteiger partial charge in [-0.2, -0.15) is 0 Å². The molecular formula is C18H28Cl2N2O3. The summed E-state index contributed by atoms with van der Waals surface area (Å²) < 4.78 is 11.3. The van der Waals surface area contributed by atoms with Crippen molar-refractivity contribution < 1.29 is 14.3 Å². The number of nitrogens with one attached hydrogen (secondary N) is 2. The Kier molecular flexibility index (Phi) is 9.00. The SMILES string of the molecule is CC(C)(C)NC(=O)COc1ccc(Cl)cc1CNCC1CCCO1.Cl. The molecule has 1 fully saturated rings. The van der Waals surface area contributed by atoms with E-state index in [-0.39, 0.29) is 36.6 Å². The van der Waals surface area contributed by atoms with E-state index in [1.807, 2.05) is 26.8 Å². The molecule has 1 aromatic rings. The van der Waals surface area contributed by atoms with Gasteiger partial charge in [-0.05, 0) is 51.8 Å². The van der Waals surface area contributed by atoms with Gasteiger partial charge in [0, 0.05) is 35.8 Å². The summed E-state index contributed by atoms with van der Waals surface area (Å²) in [7, 11) is 0. The number of carbonyl (C=O) groups is 1. The number of hydrogen-bond donors (Lipinski definition) is 2. The molecule has 2 rings (SSSR count). The van der Waals surface area contributed by atoms with Gasteiger partial charge in [-0.25, -0.2) is 0 Å². The Hall–Kier alpha value is -1.01. The molecule has 142 valence electrons. The minimum Gasteiger partial charge on any atom is -0.483 e. The van der Waals surface area contributed by atoms with Crippen molar-refractivity contribution in [2.24, 2.45) is 0 Å². The highest BCUT2D eigenvalue weighted by atomic mass is 35.5. The van der Waals surface area contributed by atoms with Crippen LogP contribution in [-0.4, -0.2) is 37.3 Å². The van der Waals surface area contributed by atoms with Gasteiger partial charge >= 0.3 is 0 Å². The maximum absolute atomic E-state index is 11.9. The Bertz CT molecular complexity index is 556. The van der Waals surface area contributed by atoms with Gasteiger partial charge in [-0.1, -0.05) is 11.6 Å². The second kappa shape index (κ2) is 10.2. The first kappa shape index (κ1) is 22.0. The van der Waals surface area contributed by atoms with E-state index in [4.69, 9.17) is 21.1 Å². The number of halogens is 2. The van der Waals surface area contributed by atoms with Crippen LogP contribution in [0.25, 0.3) is 0 Å². The fraction of sp³-hybridized carbons (Fsp3) is 0.611. The Labute approximate surface area is 161 Å². The Morgan fingerprint density at radius 2 is 2.16 bits per heavy atom. The minimum atomic E-state index is -0.272. The van der Waals surface area contributed by atoms with Crippen molar-refractivity contribution in [2.75, 3.05) is 19.8 Å². The average molecular weight is 391 g/mol. The normalized spacial score (nSPS) is 17.0. The molecule has 5 nitrogen and oxygen atoms in total. The van der Waals surface area contributed by atoms with Gasteiger partial charge in [0.25, 0.3) is 5.91 Å². The van der Waals surface area contributed by atoms with Crippen molar-refractivity contribution in [3.05, 3.63) is 28.8 Å². The third-order valence-electron chi connectivity index (χ3n) is 3.61. The van der Waals surface area contributed by atoms with E-state index in [0.29, 0.717) is 17.3 Å². The topological polar surface area (TPSA) is 59.6 Å². The lowest BCUT2D eigenvalue weighted by Crippen LogP contribution is -2.43. The Morgan fingerprint density at radius 1 is 1.40 bits per heavy atom. The lowest BCUT2D eigenvalue weighted by molar-refractivity contribution is -0.124. The molecule has 25 heavy (non-hydrogen) atoms. The fourth-order valence-corrected chi connectivity index (χ4v) is 2.79. The van der Waals surface area contributed by atoms with Gasteiger partial charge in [-0.3, -0.25) is 4.79 Å². The van der Waals surface area contributed by atoms with Crippen LogP contribution in [0, 0.1) is 0 Å². The van der Waals surface area contributed by atoms with E-state index in [2.05, 4.69) is 10.6 Å². The molecule has 1 aromatic carbocycles. The van der Waals surface area contributed by atoms with Crippen LogP contribution in [0.3, 0.4) is 0 Å². The number of ether oxygens (including phenoxy) is 2. The van der Waals surface area contributed by atoms with Crippen molar-refractivity contribution in [3.63, 3.8) is 0 Å². The van der Waals surface area contributed by atoms with Gasteiger partial charge in [0.15, 0.2) is 6.61 Å². The van der Waals surface area contributed by atoms with Crippen LogP contribution in [0.1, 0.15) is 39.2 Å². The predicted octanol–water partition coefficient (Wildman–Crippen LogP) is 3.32. The number of benzene rings is 1. The van der Waals surface area contributed by atoms with E-state index < -0.39 is 0 Å². The molecule has 1 saturated heterocycles. The zero-order valence-corrected chi connectivity index (χ0v) is 16.6. The Morgan fingerprint density at radius 3 is 2.80 bits per heavy atom. The number of amides is 1. The molecule has 0 saturated carbocycles. The van der Waals surface area contributed by atoms with Crippen molar-refractivity contribution in [3.8, 4) is 5.75 Å². The minimum absolute atomic E-state index is 0. The monoisotopic (exact) mass is 390 g/mol. The van der Waals surface area contributed by atoms with Crippen molar-refractivity contribution in [2.45, 2.75) is 51.8 Å². The molecule has 0 aromatic heterocycles. The summed E-state index contributed by atoms with van der Waals surface area (Å²) >= 11 is 6.09. The molecule has 1 heterocycles. The molecule has 0 radical (unpaired) electrons. The van der Waals surface area contributed by atoms with Crippen LogP contribution in [-0.2, 0) is 16.1 Å². The van der Waals surface area contributed by atoms with Gasteiger partial charge < -0.3 is 20.1 Å². The van der Waals surface area contributed by atoms with Crippen LogP contribution in [0.5, 0.6) is 5.75 Å². The van der Waals surface area contributed by atoms with E-state index in [9.17, 15) is 4.79 Å². The standard InChI is InChI=1S/C18H27ClN2O3.ClH/c1-18(2,3)21-17(22)12-24-16-7-6-14(19)9-13(16)10-20-11-15-5-4-8-23-15;/h6-7,9,15,20H,4-5,8,10-12H2,1-3H3,(H,21,22);1H. The molecule has 0 aliphatic carbocycles. The first-order valence-electron chi connectivity index (χ1n) is 8.38. The summed E-state index contributed by atoms with van der Waals surface area (Å²) in [5, 5.41) is 6.90. The van der Waals surface area contributed by atoms with Gasteiger partial charge in [0.1, 0.15) is 5.75 Å².